The maximum absolute atomic E-state index is 13.4. The molecule has 0 aliphatic carbocycles. The van der Waals surface area contributed by atoms with Crippen LogP contribution in [0.3, 0.4) is 0 Å². The molecule has 0 aliphatic heterocycles. The molecule has 0 spiro atoms. The van der Waals surface area contributed by atoms with Gasteiger partial charge in [-0.25, -0.2) is 4.39 Å². The molecule has 0 atom stereocenters. The van der Waals surface area contributed by atoms with Crippen molar-refractivity contribution < 1.29 is 23.4 Å². The van der Waals surface area contributed by atoms with Crippen LogP contribution in [0.15, 0.2) is 42.0 Å². The Balaban J connectivity index is 2.30. The van der Waals surface area contributed by atoms with Crippen molar-refractivity contribution in [3.63, 3.8) is 0 Å². The third-order valence-corrected chi connectivity index (χ3v) is 3.50. The van der Waals surface area contributed by atoms with E-state index in [1.807, 2.05) is 6.07 Å². The molecule has 0 heterocycles. The Morgan fingerprint density at radius 1 is 1.04 bits per heavy atom. The Bertz CT molecular complexity index is 888. The minimum atomic E-state index is -0.647. The van der Waals surface area contributed by atoms with Gasteiger partial charge in [0.1, 0.15) is 23.2 Å². The third kappa shape index (κ3) is 4.30. The lowest BCUT2D eigenvalue weighted by Gasteiger charge is -2.10. The van der Waals surface area contributed by atoms with Gasteiger partial charge in [0.05, 0.1) is 21.3 Å². The number of carbonyl (C=O) groups excluding carboxylic acids is 1. The molecule has 0 aliphatic rings. The molecular weight excluding hydrogens is 339 g/mol. The number of halogens is 1. The van der Waals surface area contributed by atoms with Gasteiger partial charge in [-0.1, -0.05) is 0 Å². The fourth-order valence-electron chi connectivity index (χ4n) is 2.23. The van der Waals surface area contributed by atoms with Gasteiger partial charge in [0, 0.05) is 17.3 Å². The number of anilines is 1. The number of nitriles is 1. The minimum absolute atomic E-state index is 0.205. The summed E-state index contributed by atoms with van der Waals surface area (Å²) in [6, 6.07) is 10.4. The number of rotatable bonds is 6. The monoisotopic (exact) mass is 356 g/mol. The molecule has 2 aromatic rings. The summed E-state index contributed by atoms with van der Waals surface area (Å²) in [6.07, 6.45) is 1.26. The van der Waals surface area contributed by atoms with Crippen LogP contribution < -0.4 is 19.5 Å². The average molecular weight is 356 g/mol. The van der Waals surface area contributed by atoms with Crippen LogP contribution in [0.25, 0.3) is 6.08 Å². The fourth-order valence-corrected chi connectivity index (χ4v) is 2.23. The van der Waals surface area contributed by atoms with E-state index in [2.05, 4.69) is 5.32 Å². The van der Waals surface area contributed by atoms with Crippen molar-refractivity contribution >= 4 is 17.7 Å². The zero-order valence-electron chi connectivity index (χ0n) is 14.5. The van der Waals surface area contributed by atoms with Crippen LogP contribution >= 0.6 is 0 Å². The fraction of sp³-hybridized carbons (Fsp3) is 0.158. The van der Waals surface area contributed by atoms with Crippen LogP contribution in [-0.2, 0) is 4.79 Å². The molecule has 6 nitrogen and oxygen atoms in total. The van der Waals surface area contributed by atoms with Crippen molar-refractivity contribution in [2.45, 2.75) is 0 Å². The van der Waals surface area contributed by atoms with Crippen LogP contribution in [-0.4, -0.2) is 27.2 Å². The van der Waals surface area contributed by atoms with Crippen molar-refractivity contribution in [1.82, 2.24) is 0 Å². The molecule has 0 radical (unpaired) electrons. The van der Waals surface area contributed by atoms with E-state index < -0.39 is 11.7 Å². The highest BCUT2D eigenvalue weighted by Gasteiger charge is 2.13. The third-order valence-electron chi connectivity index (χ3n) is 3.50. The molecule has 0 fully saturated rings. The number of amides is 1. The number of ether oxygens (including phenoxy) is 3. The first-order valence-corrected chi connectivity index (χ1v) is 7.51. The number of carbonyl (C=O) groups is 1. The molecule has 134 valence electrons. The zero-order valence-corrected chi connectivity index (χ0v) is 14.5. The Labute approximate surface area is 150 Å². The lowest BCUT2D eigenvalue weighted by molar-refractivity contribution is -0.112. The summed E-state index contributed by atoms with van der Waals surface area (Å²) in [5.74, 6) is 0.129. The molecule has 26 heavy (non-hydrogen) atoms. The Morgan fingerprint density at radius 2 is 1.69 bits per heavy atom. The van der Waals surface area contributed by atoms with Crippen LogP contribution in [0.4, 0.5) is 10.1 Å². The molecule has 2 aromatic carbocycles. The second kappa shape index (κ2) is 8.53. The molecule has 0 aromatic heterocycles. The number of methoxy groups -OCH3 is 3. The molecule has 1 amide bonds. The van der Waals surface area contributed by atoms with Gasteiger partial charge in [0.25, 0.3) is 5.91 Å². The van der Waals surface area contributed by atoms with E-state index in [0.717, 1.165) is 0 Å². The average Bonchev–Trinajstić information content (AvgIpc) is 2.65. The van der Waals surface area contributed by atoms with Crippen LogP contribution in [0, 0.1) is 17.1 Å². The first-order chi connectivity index (χ1) is 12.5. The van der Waals surface area contributed by atoms with Crippen molar-refractivity contribution in [3.05, 3.63) is 53.4 Å². The van der Waals surface area contributed by atoms with Gasteiger partial charge in [0.15, 0.2) is 11.5 Å². The largest absolute Gasteiger partial charge is 0.496 e. The molecular formula is C19H17FN2O4. The number of hydrogen-bond donors (Lipinski definition) is 1. The van der Waals surface area contributed by atoms with Crippen molar-refractivity contribution in [1.29, 1.82) is 5.26 Å². The highest BCUT2D eigenvalue weighted by atomic mass is 19.1. The van der Waals surface area contributed by atoms with E-state index in [9.17, 15) is 14.4 Å². The highest BCUT2D eigenvalue weighted by Crippen LogP contribution is 2.30. The predicted molar refractivity (Wildman–Crippen MR) is 94.7 cm³/mol. The van der Waals surface area contributed by atoms with E-state index in [1.165, 1.54) is 45.6 Å². The Kier molecular flexibility index (Phi) is 6.17. The molecule has 2 rings (SSSR count). The van der Waals surface area contributed by atoms with Crippen molar-refractivity contribution in [3.8, 4) is 23.3 Å². The second-order valence-electron chi connectivity index (χ2n) is 5.08. The summed E-state index contributed by atoms with van der Waals surface area (Å²) in [5.41, 5.74) is 0.496. The second-order valence-corrected chi connectivity index (χ2v) is 5.08. The summed E-state index contributed by atoms with van der Waals surface area (Å²) >= 11 is 0. The molecule has 0 bridgehead atoms. The predicted octanol–water partition coefficient (Wildman–Crippen LogP) is 3.40. The maximum Gasteiger partial charge on any atom is 0.266 e. The van der Waals surface area contributed by atoms with Crippen molar-refractivity contribution in [2.24, 2.45) is 0 Å². The lowest BCUT2D eigenvalue weighted by atomic mass is 10.1. The van der Waals surface area contributed by atoms with Crippen molar-refractivity contribution in [2.75, 3.05) is 26.6 Å². The lowest BCUT2D eigenvalue weighted by Crippen LogP contribution is -2.13. The summed E-state index contributed by atoms with van der Waals surface area (Å²) in [6.45, 7) is 0. The van der Waals surface area contributed by atoms with Crippen LogP contribution in [0.1, 0.15) is 5.56 Å². The minimum Gasteiger partial charge on any atom is -0.496 e. The van der Waals surface area contributed by atoms with Crippen LogP contribution in [0.5, 0.6) is 17.2 Å². The van der Waals surface area contributed by atoms with Gasteiger partial charge < -0.3 is 19.5 Å². The Hall–Kier alpha value is -3.53. The highest BCUT2D eigenvalue weighted by molar-refractivity contribution is 6.09. The first-order valence-electron chi connectivity index (χ1n) is 7.51. The van der Waals surface area contributed by atoms with E-state index in [1.54, 1.807) is 18.2 Å². The molecule has 0 unspecified atom stereocenters. The quantitative estimate of drug-likeness (QED) is 0.634. The number of nitrogens with one attached hydrogen (secondary N) is 1. The number of hydrogen-bond acceptors (Lipinski definition) is 5. The molecule has 1 N–H and O–H groups in total. The Morgan fingerprint density at radius 3 is 2.31 bits per heavy atom. The number of nitrogens with zero attached hydrogens (tertiary/aromatic N) is 1. The van der Waals surface area contributed by atoms with Gasteiger partial charge in [0.2, 0.25) is 0 Å². The summed E-state index contributed by atoms with van der Waals surface area (Å²) in [5, 5.41) is 11.9. The van der Waals surface area contributed by atoms with E-state index >= 15 is 0 Å². The summed E-state index contributed by atoms with van der Waals surface area (Å²) < 4.78 is 28.9. The van der Waals surface area contributed by atoms with Gasteiger partial charge in [-0.15, -0.1) is 0 Å². The van der Waals surface area contributed by atoms with E-state index in [4.69, 9.17) is 14.2 Å². The molecule has 0 saturated carbocycles. The summed E-state index contributed by atoms with van der Waals surface area (Å²) in [4.78, 5) is 12.4. The van der Waals surface area contributed by atoms with Gasteiger partial charge in [-0.05, 0) is 36.4 Å². The topological polar surface area (TPSA) is 80.6 Å². The maximum atomic E-state index is 13.4. The molecule has 0 saturated heterocycles. The zero-order chi connectivity index (χ0) is 19.1. The van der Waals surface area contributed by atoms with Gasteiger partial charge >= 0.3 is 0 Å². The standard InChI is InChI=1S/C19H17FN2O4/c1-24-16-6-4-14(20)9-12(16)8-13(11-21)19(23)22-15-5-7-17(25-2)18(10-15)26-3/h4-10H,1-3H3,(H,22,23)/b13-8+. The number of benzene rings is 2. The van der Waals surface area contributed by atoms with Gasteiger partial charge in [-0.2, -0.15) is 5.26 Å². The van der Waals surface area contributed by atoms with Crippen LogP contribution in [0.2, 0.25) is 0 Å². The SMILES string of the molecule is COc1ccc(F)cc1/C=C(\C#N)C(=O)Nc1ccc(OC)c(OC)c1. The van der Waals surface area contributed by atoms with E-state index in [0.29, 0.717) is 22.9 Å². The summed E-state index contributed by atoms with van der Waals surface area (Å²) in [7, 11) is 4.39. The van der Waals surface area contributed by atoms with E-state index in [-0.39, 0.29) is 11.1 Å². The van der Waals surface area contributed by atoms with Gasteiger partial charge in [-0.3, -0.25) is 4.79 Å². The molecule has 7 heteroatoms. The smallest absolute Gasteiger partial charge is 0.266 e. The normalized spacial score (nSPS) is 10.7. The first kappa shape index (κ1) is 18.8.